The van der Waals surface area contributed by atoms with E-state index in [9.17, 15) is 14.3 Å². The number of nitrogens with zero attached hydrogens (tertiary/aromatic N) is 1. The first-order chi connectivity index (χ1) is 8.99. The van der Waals surface area contributed by atoms with E-state index < -0.39 is 17.8 Å². The average Bonchev–Trinajstić information content (AvgIpc) is 2.30. The number of piperidine rings is 1. The minimum Gasteiger partial charge on any atom is -0.480 e. The van der Waals surface area contributed by atoms with Crippen LogP contribution in [-0.4, -0.2) is 29.1 Å². The first-order valence-corrected chi connectivity index (χ1v) is 6.70. The van der Waals surface area contributed by atoms with E-state index in [1.165, 1.54) is 6.07 Å². The average molecular weight is 265 g/mol. The van der Waals surface area contributed by atoms with Crippen molar-refractivity contribution in [2.24, 2.45) is 11.8 Å². The molecule has 0 aliphatic carbocycles. The molecule has 1 aliphatic rings. The number of halogens is 1. The molecular weight excluding hydrogens is 245 g/mol. The second-order valence-electron chi connectivity index (χ2n) is 5.66. The van der Waals surface area contributed by atoms with Crippen molar-refractivity contribution in [2.45, 2.75) is 26.3 Å². The van der Waals surface area contributed by atoms with Gasteiger partial charge in [-0.1, -0.05) is 32.0 Å². The van der Waals surface area contributed by atoms with Crippen molar-refractivity contribution in [1.29, 1.82) is 0 Å². The summed E-state index contributed by atoms with van der Waals surface area (Å²) in [6, 6.07) is 5.27. The van der Waals surface area contributed by atoms with Gasteiger partial charge < -0.3 is 5.11 Å². The Morgan fingerprint density at radius 1 is 1.32 bits per heavy atom. The van der Waals surface area contributed by atoms with Crippen LogP contribution in [0.25, 0.3) is 0 Å². The van der Waals surface area contributed by atoms with Gasteiger partial charge in [0, 0.05) is 18.7 Å². The van der Waals surface area contributed by atoms with E-state index in [1.807, 2.05) is 4.90 Å². The molecule has 3 atom stereocenters. The second kappa shape index (κ2) is 5.70. The normalized spacial score (nSPS) is 26.1. The van der Waals surface area contributed by atoms with Crippen LogP contribution in [0.1, 0.15) is 31.9 Å². The van der Waals surface area contributed by atoms with Gasteiger partial charge in [0.25, 0.3) is 0 Å². The summed E-state index contributed by atoms with van der Waals surface area (Å²) < 4.78 is 13.9. The maximum atomic E-state index is 13.9. The molecule has 3 nitrogen and oxygen atoms in total. The van der Waals surface area contributed by atoms with Gasteiger partial charge in [-0.05, 0) is 24.3 Å². The molecule has 4 heteroatoms. The van der Waals surface area contributed by atoms with Gasteiger partial charge in [0.05, 0.1) is 0 Å². The van der Waals surface area contributed by atoms with Crippen LogP contribution < -0.4 is 0 Å². The summed E-state index contributed by atoms with van der Waals surface area (Å²) >= 11 is 0. The van der Waals surface area contributed by atoms with Gasteiger partial charge in [0.15, 0.2) is 0 Å². The zero-order valence-electron chi connectivity index (χ0n) is 11.3. The van der Waals surface area contributed by atoms with E-state index in [0.29, 0.717) is 24.9 Å². The van der Waals surface area contributed by atoms with Gasteiger partial charge in [0.1, 0.15) is 11.9 Å². The van der Waals surface area contributed by atoms with Gasteiger partial charge in [-0.15, -0.1) is 0 Å². The van der Waals surface area contributed by atoms with Crippen LogP contribution in [0.2, 0.25) is 0 Å². The molecule has 1 aliphatic heterocycles. The lowest BCUT2D eigenvalue weighted by Crippen LogP contribution is -2.44. The van der Waals surface area contributed by atoms with Gasteiger partial charge in [-0.3, -0.25) is 9.69 Å². The van der Waals surface area contributed by atoms with Crippen molar-refractivity contribution in [3.8, 4) is 0 Å². The Balaban J connectivity index is 2.31. The van der Waals surface area contributed by atoms with Crippen LogP contribution in [-0.2, 0) is 4.79 Å². The summed E-state index contributed by atoms with van der Waals surface area (Å²) in [6.45, 7) is 5.64. The molecule has 1 aromatic rings. The minimum absolute atomic E-state index is 0.260. The predicted molar refractivity (Wildman–Crippen MR) is 71.3 cm³/mol. The van der Waals surface area contributed by atoms with Crippen molar-refractivity contribution in [3.05, 3.63) is 35.6 Å². The Bertz CT molecular complexity index is 453. The Morgan fingerprint density at radius 2 is 1.89 bits per heavy atom. The van der Waals surface area contributed by atoms with E-state index in [4.69, 9.17) is 0 Å². The monoisotopic (exact) mass is 265 g/mol. The fourth-order valence-electron chi connectivity index (χ4n) is 3.10. The molecule has 2 rings (SSSR count). The van der Waals surface area contributed by atoms with Crippen LogP contribution >= 0.6 is 0 Å². The molecule has 0 bridgehead atoms. The molecule has 1 N–H and O–H groups in total. The number of carboxylic acid groups (broad SMARTS) is 1. The van der Waals surface area contributed by atoms with E-state index in [0.717, 1.165) is 6.42 Å². The molecule has 3 unspecified atom stereocenters. The molecule has 0 saturated carbocycles. The molecular formula is C15H20FNO2. The first kappa shape index (κ1) is 14.0. The molecule has 1 fully saturated rings. The smallest absolute Gasteiger partial charge is 0.325 e. The lowest BCUT2D eigenvalue weighted by Gasteiger charge is -2.38. The largest absolute Gasteiger partial charge is 0.480 e. The highest BCUT2D eigenvalue weighted by atomic mass is 19.1. The van der Waals surface area contributed by atoms with Gasteiger partial charge in [-0.25, -0.2) is 4.39 Å². The quantitative estimate of drug-likeness (QED) is 0.913. The molecule has 1 heterocycles. The third-order valence-electron chi connectivity index (χ3n) is 3.70. The van der Waals surface area contributed by atoms with Gasteiger partial charge in [0.2, 0.25) is 0 Å². The Morgan fingerprint density at radius 3 is 2.42 bits per heavy atom. The molecule has 104 valence electrons. The molecule has 0 aromatic heterocycles. The molecule has 0 radical (unpaired) electrons. The Hall–Kier alpha value is -1.42. The number of benzene rings is 1. The third-order valence-corrected chi connectivity index (χ3v) is 3.70. The second-order valence-corrected chi connectivity index (χ2v) is 5.66. The van der Waals surface area contributed by atoms with Gasteiger partial charge >= 0.3 is 5.97 Å². The standard InChI is InChI=1S/C15H20FNO2/c1-10-7-11(2)9-17(8-10)14(15(18)19)12-5-3-4-6-13(12)16/h3-6,10-11,14H,7-9H2,1-2H3,(H,18,19). The highest BCUT2D eigenvalue weighted by molar-refractivity contribution is 5.75. The van der Waals surface area contributed by atoms with E-state index in [1.54, 1.807) is 18.2 Å². The first-order valence-electron chi connectivity index (χ1n) is 6.70. The fourth-order valence-corrected chi connectivity index (χ4v) is 3.10. The van der Waals surface area contributed by atoms with E-state index >= 15 is 0 Å². The summed E-state index contributed by atoms with van der Waals surface area (Å²) in [5.41, 5.74) is 0.260. The number of likely N-dealkylation sites (tertiary alicyclic amines) is 1. The molecule has 0 amide bonds. The highest BCUT2D eigenvalue weighted by Crippen LogP contribution is 2.30. The lowest BCUT2D eigenvalue weighted by atomic mass is 9.89. The Kier molecular flexibility index (Phi) is 4.20. The van der Waals surface area contributed by atoms with Crippen LogP contribution in [0.4, 0.5) is 4.39 Å². The highest BCUT2D eigenvalue weighted by Gasteiger charge is 2.34. The molecule has 1 saturated heterocycles. The molecule has 19 heavy (non-hydrogen) atoms. The van der Waals surface area contributed by atoms with E-state index in [2.05, 4.69) is 13.8 Å². The van der Waals surface area contributed by atoms with Gasteiger partial charge in [-0.2, -0.15) is 0 Å². The summed E-state index contributed by atoms with van der Waals surface area (Å²) in [7, 11) is 0. The Labute approximate surface area is 113 Å². The number of carboxylic acids is 1. The summed E-state index contributed by atoms with van der Waals surface area (Å²) in [5.74, 6) is -0.540. The lowest BCUT2D eigenvalue weighted by molar-refractivity contribution is -0.145. The maximum absolute atomic E-state index is 13.9. The van der Waals surface area contributed by atoms with Crippen LogP contribution in [0.3, 0.4) is 0 Å². The van der Waals surface area contributed by atoms with Crippen LogP contribution in [0, 0.1) is 17.7 Å². The predicted octanol–water partition coefficient (Wildman–Crippen LogP) is 2.93. The SMILES string of the molecule is CC1CC(C)CN(C(C(=O)O)c2ccccc2F)C1. The number of rotatable bonds is 3. The zero-order valence-corrected chi connectivity index (χ0v) is 11.3. The minimum atomic E-state index is -0.980. The number of aliphatic carboxylic acids is 1. The third kappa shape index (κ3) is 3.13. The number of carbonyl (C=O) groups is 1. The van der Waals surface area contributed by atoms with Crippen LogP contribution in [0.5, 0.6) is 0 Å². The van der Waals surface area contributed by atoms with Crippen molar-refractivity contribution < 1.29 is 14.3 Å². The van der Waals surface area contributed by atoms with Crippen LogP contribution in [0.15, 0.2) is 24.3 Å². The fraction of sp³-hybridized carbons (Fsp3) is 0.533. The van der Waals surface area contributed by atoms with E-state index in [-0.39, 0.29) is 5.56 Å². The van der Waals surface area contributed by atoms with Crippen molar-refractivity contribution in [1.82, 2.24) is 4.90 Å². The van der Waals surface area contributed by atoms with Crippen molar-refractivity contribution in [2.75, 3.05) is 13.1 Å². The molecule has 0 spiro atoms. The summed E-state index contributed by atoms with van der Waals surface area (Å²) in [6.07, 6.45) is 1.10. The topological polar surface area (TPSA) is 40.5 Å². The summed E-state index contributed by atoms with van der Waals surface area (Å²) in [5, 5.41) is 9.47. The van der Waals surface area contributed by atoms with Crippen molar-refractivity contribution >= 4 is 5.97 Å². The zero-order chi connectivity index (χ0) is 14.0. The number of hydrogen-bond donors (Lipinski definition) is 1. The summed E-state index contributed by atoms with van der Waals surface area (Å²) in [4.78, 5) is 13.4. The molecule has 1 aromatic carbocycles. The maximum Gasteiger partial charge on any atom is 0.325 e. The van der Waals surface area contributed by atoms with Crippen molar-refractivity contribution in [3.63, 3.8) is 0 Å². The number of hydrogen-bond acceptors (Lipinski definition) is 2.